The van der Waals surface area contributed by atoms with Crippen molar-refractivity contribution in [1.82, 2.24) is 14.9 Å². The highest BCUT2D eigenvalue weighted by molar-refractivity contribution is 7.20. The summed E-state index contributed by atoms with van der Waals surface area (Å²) in [6.45, 7) is 8.78. The number of carbonyl (C=O) groups is 1. The smallest absolute Gasteiger partial charge is 0.264 e. The highest BCUT2D eigenvalue weighted by Crippen LogP contribution is 2.36. The fourth-order valence-electron chi connectivity index (χ4n) is 4.88. The maximum absolute atomic E-state index is 14.2. The summed E-state index contributed by atoms with van der Waals surface area (Å²) in [4.78, 5) is 30.3. The van der Waals surface area contributed by atoms with Gasteiger partial charge in [0, 0.05) is 39.3 Å². The van der Waals surface area contributed by atoms with Gasteiger partial charge in [0.25, 0.3) is 5.91 Å². The predicted molar refractivity (Wildman–Crippen MR) is 127 cm³/mol. The Morgan fingerprint density at radius 1 is 1.09 bits per heavy atom. The minimum absolute atomic E-state index is 0.118. The molecular formula is C24H28FN5OS. The van der Waals surface area contributed by atoms with E-state index in [1.54, 1.807) is 12.4 Å². The van der Waals surface area contributed by atoms with Crippen molar-refractivity contribution in [2.75, 3.05) is 49.1 Å². The third-order valence-corrected chi connectivity index (χ3v) is 7.81. The molecule has 1 aromatic carbocycles. The molecule has 2 aliphatic heterocycles. The molecule has 5 rings (SSSR count). The summed E-state index contributed by atoms with van der Waals surface area (Å²) in [7, 11) is 0. The number of halogens is 1. The zero-order valence-corrected chi connectivity index (χ0v) is 19.4. The summed E-state index contributed by atoms with van der Waals surface area (Å²) in [6, 6.07) is 6.92. The zero-order valence-electron chi connectivity index (χ0n) is 18.6. The number of carbonyl (C=O) groups excluding carboxylic acids is 1. The van der Waals surface area contributed by atoms with Gasteiger partial charge in [0.15, 0.2) is 0 Å². The minimum Gasteiger partial charge on any atom is -0.366 e. The number of anilines is 2. The number of piperazine rings is 1. The standard InChI is InChI=1S/C24H28FN5OS/c1-16-6-5-9-30(14-16)24(31)21-17(2)20-22(26-15-27-23(20)32-21)29-12-10-28(11-13-29)19-8-4-3-7-18(19)25/h3-4,7-8,15-16H,5-6,9-14H2,1-2H3. The van der Waals surface area contributed by atoms with Crippen LogP contribution >= 0.6 is 11.3 Å². The van der Waals surface area contributed by atoms with E-state index in [1.807, 2.05) is 24.0 Å². The van der Waals surface area contributed by atoms with Crippen molar-refractivity contribution in [3.8, 4) is 0 Å². The van der Waals surface area contributed by atoms with Crippen molar-refractivity contribution in [3.63, 3.8) is 0 Å². The van der Waals surface area contributed by atoms with Crippen molar-refractivity contribution in [3.05, 3.63) is 46.9 Å². The van der Waals surface area contributed by atoms with Crippen LogP contribution in [0.5, 0.6) is 0 Å². The van der Waals surface area contributed by atoms with Crippen LogP contribution in [0.15, 0.2) is 30.6 Å². The summed E-state index contributed by atoms with van der Waals surface area (Å²) >= 11 is 1.48. The second-order valence-corrected chi connectivity index (χ2v) is 9.86. The van der Waals surface area contributed by atoms with E-state index in [0.717, 1.165) is 59.1 Å². The largest absolute Gasteiger partial charge is 0.366 e. The van der Waals surface area contributed by atoms with Crippen LogP contribution in [-0.4, -0.2) is 60.0 Å². The van der Waals surface area contributed by atoms with E-state index < -0.39 is 0 Å². The number of aromatic nitrogens is 2. The van der Waals surface area contributed by atoms with Gasteiger partial charge < -0.3 is 14.7 Å². The lowest BCUT2D eigenvalue weighted by Crippen LogP contribution is -2.47. The Morgan fingerprint density at radius 3 is 2.59 bits per heavy atom. The first-order valence-corrected chi connectivity index (χ1v) is 12.1. The number of para-hydroxylation sites is 1. The van der Waals surface area contributed by atoms with E-state index in [9.17, 15) is 9.18 Å². The normalized spacial score (nSPS) is 19.6. The molecule has 2 fully saturated rings. The van der Waals surface area contributed by atoms with E-state index >= 15 is 0 Å². The van der Waals surface area contributed by atoms with Gasteiger partial charge in [-0.3, -0.25) is 4.79 Å². The van der Waals surface area contributed by atoms with E-state index in [-0.39, 0.29) is 11.7 Å². The predicted octanol–water partition coefficient (Wildman–Crippen LogP) is 4.34. The monoisotopic (exact) mass is 453 g/mol. The SMILES string of the molecule is Cc1c(C(=O)N2CCCC(C)C2)sc2ncnc(N3CCN(c4ccccc4F)CC3)c12. The molecule has 0 bridgehead atoms. The molecule has 0 radical (unpaired) electrons. The molecule has 1 amide bonds. The Balaban J connectivity index is 1.40. The molecule has 2 aromatic heterocycles. The molecule has 1 unspecified atom stereocenters. The maximum atomic E-state index is 14.2. The summed E-state index contributed by atoms with van der Waals surface area (Å²) in [5.41, 5.74) is 1.62. The van der Waals surface area contributed by atoms with Gasteiger partial charge in [-0.1, -0.05) is 19.1 Å². The second kappa shape index (κ2) is 8.65. The van der Waals surface area contributed by atoms with Crippen LogP contribution in [0.1, 0.15) is 35.0 Å². The van der Waals surface area contributed by atoms with Crippen LogP contribution in [0.2, 0.25) is 0 Å². The number of aryl methyl sites for hydroxylation is 1. The summed E-state index contributed by atoms with van der Waals surface area (Å²) in [5.74, 6) is 1.35. The summed E-state index contributed by atoms with van der Waals surface area (Å²) < 4.78 is 14.2. The lowest BCUT2D eigenvalue weighted by molar-refractivity contribution is 0.0687. The van der Waals surface area contributed by atoms with Crippen LogP contribution < -0.4 is 9.80 Å². The first-order chi connectivity index (χ1) is 15.5. The molecule has 32 heavy (non-hydrogen) atoms. The third-order valence-electron chi connectivity index (χ3n) is 6.62. The zero-order chi connectivity index (χ0) is 22.2. The maximum Gasteiger partial charge on any atom is 0.264 e. The first kappa shape index (κ1) is 21.1. The van der Waals surface area contributed by atoms with Gasteiger partial charge in [-0.05, 0) is 43.4 Å². The molecular weight excluding hydrogens is 425 g/mol. The Kier molecular flexibility index (Phi) is 5.71. The van der Waals surface area contributed by atoms with Gasteiger partial charge in [0.05, 0.1) is 16.0 Å². The first-order valence-electron chi connectivity index (χ1n) is 11.3. The molecule has 4 heterocycles. The van der Waals surface area contributed by atoms with E-state index in [2.05, 4.69) is 26.7 Å². The van der Waals surface area contributed by atoms with Gasteiger partial charge in [0.2, 0.25) is 0 Å². The van der Waals surface area contributed by atoms with Gasteiger partial charge in [0.1, 0.15) is 22.8 Å². The van der Waals surface area contributed by atoms with Crippen molar-refractivity contribution in [2.45, 2.75) is 26.7 Å². The average molecular weight is 454 g/mol. The quantitative estimate of drug-likeness (QED) is 0.591. The van der Waals surface area contributed by atoms with Crippen molar-refractivity contribution in [2.24, 2.45) is 5.92 Å². The minimum atomic E-state index is -0.186. The number of hydrogen-bond acceptors (Lipinski definition) is 6. The van der Waals surface area contributed by atoms with Gasteiger partial charge >= 0.3 is 0 Å². The number of fused-ring (bicyclic) bond motifs is 1. The number of thiophene rings is 1. The Hall–Kier alpha value is -2.74. The van der Waals surface area contributed by atoms with Gasteiger partial charge in [-0.25, -0.2) is 14.4 Å². The molecule has 1 atom stereocenters. The van der Waals surface area contributed by atoms with E-state index in [0.29, 0.717) is 24.7 Å². The lowest BCUT2D eigenvalue weighted by atomic mass is 10.00. The number of piperidine rings is 1. The molecule has 0 N–H and O–H groups in total. The number of rotatable bonds is 3. The highest BCUT2D eigenvalue weighted by Gasteiger charge is 2.28. The third kappa shape index (κ3) is 3.81. The van der Waals surface area contributed by atoms with Crippen LogP contribution in [0.3, 0.4) is 0 Å². The number of nitrogens with zero attached hydrogens (tertiary/aromatic N) is 5. The molecule has 8 heteroatoms. The molecule has 0 spiro atoms. The number of hydrogen-bond donors (Lipinski definition) is 0. The van der Waals surface area contributed by atoms with Crippen molar-refractivity contribution >= 4 is 39.0 Å². The number of benzene rings is 1. The van der Waals surface area contributed by atoms with E-state index in [1.165, 1.54) is 23.8 Å². The van der Waals surface area contributed by atoms with Crippen molar-refractivity contribution in [1.29, 1.82) is 0 Å². The number of likely N-dealkylation sites (tertiary alicyclic amines) is 1. The van der Waals surface area contributed by atoms with Crippen LogP contribution in [-0.2, 0) is 0 Å². The van der Waals surface area contributed by atoms with Crippen LogP contribution in [0.4, 0.5) is 15.9 Å². The molecule has 6 nitrogen and oxygen atoms in total. The molecule has 0 saturated carbocycles. The molecule has 3 aromatic rings. The Labute approximate surface area is 191 Å². The van der Waals surface area contributed by atoms with Crippen molar-refractivity contribution < 1.29 is 9.18 Å². The number of amides is 1. The van der Waals surface area contributed by atoms with Gasteiger partial charge in [-0.15, -0.1) is 11.3 Å². The van der Waals surface area contributed by atoms with Gasteiger partial charge in [-0.2, -0.15) is 0 Å². The van der Waals surface area contributed by atoms with Crippen LogP contribution in [0, 0.1) is 18.7 Å². The fraction of sp³-hybridized carbons (Fsp3) is 0.458. The molecule has 168 valence electrons. The molecule has 2 aliphatic rings. The average Bonchev–Trinajstić information content (AvgIpc) is 3.16. The highest BCUT2D eigenvalue weighted by atomic mass is 32.1. The van der Waals surface area contributed by atoms with E-state index in [4.69, 9.17) is 0 Å². The fourth-order valence-corrected chi connectivity index (χ4v) is 5.99. The molecule has 0 aliphatic carbocycles. The summed E-state index contributed by atoms with van der Waals surface area (Å²) in [6.07, 6.45) is 3.84. The Bertz CT molecular complexity index is 1140. The topological polar surface area (TPSA) is 52.6 Å². The summed E-state index contributed by atoms with van der Waals surface area (Å²) in [5, 5.41) is 0.977. The van der Waals surface area contributed by atoms with Crippen LogP contribution in [0.25, 0.3) is 10.2 Å². The molecule has 2 saturated heterocycles. The second-order valence-electron chi connectivity index (χ2n) is 8.86. The Morgan fingerprint density at radius 2 is 1.84 bits per heavy atom. The lowest BCUT2D eigenvalue weighted by Gasteiger charge is -2.37.